The minimum atomic E-state index is -3.47. The maximum absolute atomic E-state index is 12.6. The summed E-state index contributed by atoms with van der Waals surface area (Å²) in [5.74, 6) is -0.340. The molecule has 1 amide bonds. The first kappa shape index (κ1) is 15.5. The number of fused-ring (bicyclic) bond motifs is 2. The number of rotatable bonds is 5. The highest BCUT2D eigenvalue weighted by Crippen LogP contribution is 2.62. The van der Waals surface area contributed by atoms with E-state index in [-0.39, 0.29) is 23.0 Å². The summed E-state index contributed by atoms with van der Waals surface area (Å²) in [5, 5.41) is 0. The van der Waals surface area contributed by atoms with Gasteiger partial charge in [0.25, 0.3) is 0 Å². The second kappa shape index (κ2) is 5.37. The molecule has 1 fully saturated rings. The molecule has 1 saturated carbocycles. The molecule has 1 aromatic carbocycles. The van der Waals surface area contributed by atoms with E-state index in [1.807, 2.05) is 19.1 Å². The van der Waals surface area contributed by atoms with Crippen LogP contribution in [0.15, 0.2) is 24.3 Å². The summed E-state index contributed by atoms with van der Waals surface area (Å²) in [7, 11) is -2.05. The van der Waals surface area contributed by atoms with E-state index in [0.717, 1.165) is 30.0 Å². The minimum Gasteiger partial charge on any atom is -0.273 e. The quantitative estimate of drug-likeness (QED) is 0.837. The molecule has 4 nitrogen and oxygen atoms in total. The average molecular weight is 321 g/mol. The van der Waals surface area contributed by atoms with Crippen LogP contribution < -0.4 is 0 Å². The van der Waals surface area contributed by atoms with Gasteiger partial charge in [0.1, 0.15) is 0 Å². The number of unbranched alkanes of at least 4 members (excludes halogenated alkanes) is 1. The van der Waals surface area contributed by atoms with Crippen LogP contribution >= 0.6 is 0 Å². The normalized spacial score (nSPS) is 26.0. The van der Waals surface area contributed by atoms with E-state index in [1.54, 1.807) is 0 Å². The molecule has 3 rings (SSSR count). The Morgan fingerprint density at radius 3 is 2.82 bits per heavy atom. The van der Waals surface area contributed by atoms with Crippen LogP contribution in [-0.4, -0.2) is 31.4 Å². The van der Waals surface area contributed by atoms with E-state index >= 15 is 0 Å². The smallest absolute Gasteiger partial charge is 0.239 e. The van der Waals surface area contributed by atoms with Gasteiger partial charge < -0.3 is 0 Å². The Hall–Kier alpha value is -1.36. The van der Waals surface area contributed by atoms with Gasteiger partial charge in [-0.2, -0.15) is 0 Å². The molecular weight excluding hydrogens is 298 g/mol. The number of hydrogen-bond donors (Lipinski definition) is 0. The van der Waals surface area contributed by atoms with Crippen molar-refractivity contribution in [1.29, 1.82) is 0 Å². The van der Waals surface area contributed by atoms with Crippen molar-refractivity contribution in [3.8, 4) is 0 Å². The molecule has 22 heavy (non-hydrogen) atoms. The highest BCUT2D eigenvalue weighted by atomic mass is 32.2. The Morgan fingerprint density at radius 1 is 1.36 bits per heavy atom. The molecule has 0 saturated heterocycles. The van der Waals surface area contributed by atoms with Crippen molar-refractivity contribution < 1.29 is 13.2 Å². The lowest BCUT2D eigenvalue weighted by Gasteiger charge is -2.19. The summed E-state index contributed by atoms with van der Waals surface area (Å²) in [6.07, 6.45) is 4.15. The molecule has 0 bridgehead atoms. The Balaban J connectivity index is 1.77. The van der Waals surface area contributed by atoms with Gasteiger partial charge in [-0.1, -0.05) is 37.6 Å². The molecule has 2 atom stereocenters. The molecule has 0 aliphatic heterocycles. The topological polar surface area (TPSA) is 54.5 Å². The van der Waals surface area contributed by atoms with Crippen molar-refractivity contribution in [2.75, 3.05) is 12.8 Å². The van der Waals surface area contributed by atoms with Gasteiger partial charge in [0.15, 0.2) is 0 Å². The van der Waals surface area contributed by atoms with Gasteiger partial charge in [-0.25, -0.2) is 12.7 Å². The first-order valence-electron chi connectivity index (χ1n) is 8.01. The fraction of sp³-hybridized carbons (Fsp3) is 0.588. The zero-order valence-electron chi connectivity index (χ0n) is 13.2. The average Bonchev–Trinajstić information content (AvgIpc) is 3.13. The van der Waals surface area contributed by atoms with Crippen molar-refractivity contribution >= 4 is 15.9 Å². The van der Waals surface area contributed by atoms with Crippen LogP contribution in [0, 0.1) is 5.92 Å². The summed E-state index contributed by atoms with van der Waals surface area (Å²) in [6, 6.07) is 8.25. The van der Waals surface area contributed by atoms with Crippen molar-refractivity contribution in [1.82, 2.24) is 4.31 Å². The number of nitrogens with zero attached hydrogens (tertiary/aromatic N) is 1. The highest BCUT2D eigenvalue weighted by molar-refractivity contribution is 7.89. The third-order valence-corrected chi connectivity index (χ3v) is 7.07. The molecular formula is C17H23NO3S. The van der Waals surface area contributed by atoms with Gasteiger partial charge in [-0.15, -0.1) is 0 Å². The maximum atomic E-state index is 12.6. The number of sulfonamides is 1. The van der Waals surface area contributed by atoms with E-state index in [2.05, 4.69) is 12.1 Å². The van der Waals surface area contributed by atoms with E-state index in [9.17, 15) is 13.2 Å². The molecule has 0 heterocycles. The van der Waals surface area contributed by atoms with Crippen LogP contribution in [0.25, 0.3) is 0 Å². The van der Waals surface area contributed by atoms with Crippen molar-refractivity contribution in [3.05, 3.63) is 35.4 Å². The molecule has 0 N–H and O–H groups in total. The number of carbonyl (C=O) groups excluding carboxylic acids is 1. The van der Waals surface area contributed by atoms with Crippen LogP contribution in [0.4, 0.5) is 0 Å². The largest absolute Gasteiger partial charge is 0.273 e. The zero-order valence-corrected chi connectivity index (χ0v) is 14.0. The van der Waals surface area contributed by atoms with Crippen molar-refractivity contribution in [2.24, 2.45) is 5.92 Å². The molecule has 5 heteroatoms. The van der Waals surface area contributed by atoms with Crippen LogP contribution in [0.2, 0.25) is 0 Å². The fourth-order valence-electron chi connectivity index (χ4n) is 3.74. The summed E-state index contributed by atoms with van der Waals surface area (Å²) in [6.45, 7) is 1.95. The van der Waals surface area contributed by atoms with Gasteiger partial charge in [0.05, 0.1) is 5.75 Å². The van der Waals surface area contributed by atoms with Crippen LogP contribution in [0.3, 0.4) is 0 Å². The minimum absolute atomic E-state index is 0.0576. The molecule has 1 aromatic rings. The SMILES string of the molecule is CCCCS(=O)(=O)N(C)C(=O)[C@H]1C[C@]12CCc1ccccc12. The first-order valence-corrected chi connectivity index (χ1v) is 9.62. The number of amides is 1. The van der Waals surface area contributed by atoms with Crippen LogP contribution in [-0.2, 0) is 26.7 Å². The molecule has 120 valence electrons. The molecule has 1 spiro atoms. The molecule has 2 aliphatic carbocycles. The molecule has 0 unspecified atom stereocenters. The molecule has 2 aliphatic rings. The summed E-state index contributed by atoms with van der Waals surface area (Å²) in [5.41, 5.74) is 2.48. The first-order chi connectivity index (χ1) is 10.4. The second-order valence-electron chi connectivity index (χ2n) is 6.55. The lowest BCUT2D eigenvalue weighted by Crippen LogP contribution is -2.37. The van der Waals surface area contributed by atoms with E-state index in [4.69, 9.17) is 0 Å². The lowest BCUT2D eigenvalue weighted by atomic mass is 9.95. The summed E-state index contributed by atoms with van der Waals surface area (Å²) < 4.78 is 25.4. The lowest BCUT2D eigenvalue weighted by molar-refractivity contribution is -0.127. The van der Waals surface area contributed by atoms with Gasteiger partial charge in [-0.3, -0.25) is 4.79 Å². The predicted octanol–water partition coefficient (Wildman–Crippen LogP) is 2.48. The number of benzene rings is 1. The van der Waals surface area contributed by atoms with Gasteiger partial charge >= 0.3 is 0 Å². The summed E-state index contributed by atoms with van der Waals surface area (Å²) in [4.78, 5) is 12.6. The number of carbonyl (C=O) groups is 1. The predicted molar refractivity (Wildman–Crippen MR) is 86.0 cm³/mol. The van der Waals surface area contributed by atoms with Crippen LogP contribution in [0.1, 0.15) is 43.7 Å². The van der Waals surface area contributed by atoms with E-state index in [1.165, 1.54) is 18.2 Å². The van der Waals surface area contributed by atoms with Crippen molar-refractivity contribution in [3.63, 3.8) is 0 Å². The highest BCUT2D eigenvalue weighted by Gasteiger charge is 2.62. The fourth-order valence-corrected chi connectivity index (χ4v) is 5.07. The zero-order chi connectivity index (χ0) is 16.0. The van der Waals surface area contributed by atoms with Crippen molar-refractivity contribution in [2.45, 2.75) is 44.4 Å². The Labute approximate surface area is 132 Å². The van der Waals surface area contributed by atoms with E-state index < -0.39 is 10.0 Å². The Bertz CT molecular complexity index is 698. The summed E-state index contributed by atoms with van der Waals surface area (Å²) >= 11 is 0. The Morgan fingerprint density at radius 2 is 2.09 bits per heavy atom. The monoisotopic (exact) mass is 321 g/mol. The molecule has 0 aromatic heterocycles. The van der Waals surface area contributed by atoms with E-state index in [0.29, 0.717) is 6.42 Å². The standard InChI is InChI=1S/C17H23NO3S/c1-3-4-11-22(20,21)18(2)16(19)15-12-17(15)10-9-13-7-5-6-8-14(13)17/h5-8,15H,3-4,9-12H2,1-2H3/t15-,17+/m1/s1. The molecule has 0 radical (unpaired) electrons. The second-order valence-corrected chi connectivity index (χ2v) is 8.67. The van der Waals surface area contributed by atoms with Gasteiger partial charge in [0, 0.05) is 18.4 Å². The Kier molecular flexibility index (Phi) is 3.79. The van der Waals surface area contributed by atoms with Gasteiger partial charge in [-0.05, 0) is 36.8 Å². The number of hydrogen-bond acceptors (Lipinski definition) is 3. The third kappa shape index (κ3) is 2.35. The number of aryl methyl sites for hydroxylation is 1. The van der Waals surface area contributed by atoms with Gasteiger partial charge in [0.2, 0.25) is 15.9 Å². The van der Waals surface area contributed by atoms with Crippen LogP contribution in [0.5, 0.6) is 0 Å². The third-order valence-electron chi connectivity index (χ3n) is 5.25. The maximum Gasteiger partial charge on any atom is 0.239 e.